The molecule has 1 saturated carbocycles. The number of ether oxygens (including phenoxy) is 1. The maximum Gasteiger partial charge on any atom is 0.407 e. The molecule has 0 atom stereocenters. The average molecular weight is 281 g/mol. The van der Waals surface area contributed by atoms with E-state index < -0.39 is 5.60 Å². The summed E-state index contributed by atoms with van der Waals surface area (Å²) in [5.74, 6) is 0. The molecule has 0 spiro atoms. The second-order valence-corrected chi connectivity index (χ2v) is 6.13. The molecule has 1 heterocycles. The number of carbonyl (C=O) groups excluding carboxylic acids is 1. The summed E-state index contributed by atoms with van der Waals surface area (Å²) in [5, 5.41) is 14.0. The zero-order valence-corrected chi connectivity index (χ0v) is 12.3. The van der Waals surface area contributed by atoms with Crippen molar-refractivity contribution in [3.8, 4) is 0 Å². The van der Waals surface area contributed by atoms with Crippen molar-refractivity contribution < 1.29 is 9.53 Å². The van der Waals surface area contributed by atoms with Crippen molar-refractivity contribution in [1.29, 1.82) is 0 Å². The molecule has 20 heavy (non-hydrogen) atoms. The first-order chi connectivity index (χ1) is 9.42. The first kappa shape index (κ1) is 14.8. The molecule has 0 aliphatic heterocycles. The molecule has 1 aromatic rings. The van der Waals surface area contributed by atoms with Crippen molar-refractivity contribution in [2.24, 2.45) is 0 Å². The Morgan fingerprint density at radius 2 is 2.15 bits per heavy atom. The van der Waals surface area contributed by atoms with Gasteiger partial charge in [-0.25, -0.2) is 4.79 Å². The number of hydrogen-bond donors (Lipinski definition) is 2. The van der Waals surface area contributed by atoms with E-state index in [4.69, 9.17) is 4.74 Å². The topological polar surface area (TPSA) is 81.1 Å². The van der Waals surface area contributed by atoms with Crippen LogP contribution in [0, 0.1) is 0 Å². The fourth-order valence-corrected chi connectivity index (χ4v) is 2.11. The second-order valence-electron chi connectivity index (χ2n) is 6.13. The molecule has 0 aromatic carbocycles. The third kappa shape index (κ3) is 4.80. The van der Waals surface area contributed by atoms with Gasteiger partial charge in [-0.3, -0.25) is 4.68 Å². The highest BCUT2D eigenvalue weighted by Crippen LogP contribution is 2.20. The Morgan fingerprint density at radius 1 is 1.40 bits per heavy atom. The lowest BCUT2D eigenvalue weighted by atomic mass is 9.87. The Kier molecular flexibility index (Phi) is 4.59. The van der Waals surface area contributed by atoms with Gasteiger partial charge in [0.1, 0.15) is 5.60 Å². The molecule has 0 saturated heterocycles. The van der Waals surface area contributed by atoms with Gasteiger partial charge in [-0.15, -0.1) is 5.10 Å². The minimum Gasteiger partial charge on any atom is -0.444 e. The normalized spacial score (nSPS) is 22.1. The quantitative estimate of drug-likeness (QED) is 0.839. The van der Waals surface area contributed by atoms with E-state index in [0.29, 0.717) is 6.04 Å². The largest absolute Gasteiger partial charge is 0.444 e. The summed E-state index contributed by atoms with van der Waals surface area (Å²) < 4.78 is 7.01. The number of hydrogen-bond acceptors (Lipinski definition) is 5. The molecule has 112 valence electrons. The molecule has 7 heteroatoms. The van der Waals surface area contributed by atoms with E-state index in [2.05, 4.69) is 20.9 Å². The second kappa shape index (κ2) is 6.21. The third-order valence-corrected chi connectivity index (χ3v) is 3.10. The van der Waals surface area contributed by atoms with Crippen molar-refractivity contribution >= 4 is 6.09 Å². The summed E-state index contributed by atoms with van der Waals surface area (Å²) in [4.78, 5) is 11.6. The molecular formula is C13H23N5O2. The van der Waals surface area contributed by atoms with Crippen LogP contribution in [0.15, 0.2) is 12.4 Å². The summed E-state index contributed by atoms with van der Waals surface area (Å²) in [6.07, 6.45) is 5.07. The molecule has 1 fully saturated rings. The molecule has 1 aliphatic carbocycles. The van der Waals surface area contributed by atoms with Crippen LogP contribution in [0.2, 0.25) is 0 Å². The molecule has 1 aliphatic rings. The van der Waals surface area contributed by atoms with Crippen LogP contribution in [0.5, 0.6) is 0 Å². The van der Waals surface area contributed by atoms with Crippen LogP contribution in [0.1, 0.15) is 33.6 Å². The predicted molar refractivity (Wildman–Crippen MR) is 74.2 cm³/mol. The van der Waals surface area contributed by atoms with Crippen molar-refractivity contribution in [2.75, 3.05) is 6.54 Å². The van der Waals surface area contributed by atoms with Crippen LogP contribution in [-0.4, -0.2) is 45.3 Å². The number of nitrogens with zero attached hydrogens (tertiary/aromatic N) is 3. The van der Waals surface area contributed by atoms with Gasteiger partial charge in [-0.1, -0.05) is 5.21 Å². The van der Waals surface area contributed by atoms with Gasteiger partial charge >= 0.3 is 6.09 Å². The van der Waals surface area contributed by atoms with Crippen LogP contribution in [0.4, 0.5) is 4.79 Å². The summed E-state index contributed by atoms with van der Waals surface area (Å²) in [6.45, 7) is 7.25. The number of alkyl carbamates (subject to hydrolysis) is 1. The van der Waals surface area contributed by atoms with Crippen LogP contribution >= 0.6 is 0 Å². The number of aromatic nitrogens is 3. The van der Waals surface area contributed by atoms with E-state index in [1.54, 1.807) is 10.9 Å². The molecule has 0 unspecified atom stereocenters. The highest BCUT2D eigenvalue weighted by Gasteiger charge is 2.31. The maximum absolute atomic E-state index is 11.6. The summed E-state index contributed by atoms with van der Waals surface area (Å²) in [5.41, 5.74) is -0.441. The SMILES string of the molecule is CC(C)(C)OC(=O)NC1CC(NCCn2ccnn2)C1. The van der Waals surface area contributed by atoms with E-state index in [9.17, 15) is 4.79 Å². The van der Waals surface area contributed by atoms with Gasteiger partial charge in [-0.05, 0) is 33.6 Å². The van der Waals surface area contributed by atoms with Gasteiger partial charge in [0.2, 0.25) is 0 Å². The lowest BCUT2D eigenvalue weighted by Gasteiger charge is -2.36. The smallest absolute Gasteiger partial charge is 0.407 e. The van der Waals surface area contributed by atoms with Gasteiger partial charge in [0.15, 0.2) is 0 Å². The molecule has 1 aromatic heterocycles. The maximum atomic E-state index is 11.6. The van der Waals surface area contributed by atoms with Crippen LogP contribution < -0.4 is 10.6 Å². The van der Waals surface area contributed by atoms with Crippen LogP contribution in [0.3, 0.4) is 0 Å². The molecule has 2 N–H and O–H groups in total. The van der Waals surface area contributed by atoms with E-state index in [0.717, 1.165) is 25.9 Å². The minimum absolute atomic E-state index is 0.216. The Hall–Kier alpha value is -1.63. The molecule has 2 rings (SSSR count). The van der Waals surface area contributed by atoms with E-state index in [1.165, 1.54) is 0 Å². The van der Waals surface area contributed by atoms with E-state index in [1.807, 2.05) is 27.0 Å². The van der Waals surface area contributed by atoms with Crippen molar-refractivity contribution in [3.63, 3.8) is 0 Å². The highest BCUT2D eigenvalue weighted by atomic mass is 16.6. The third-order valence-electron chi connectivity index (χ3n) is 3.10. The zero-order valence-electron chi connectivity index (χ0n) is 12.3. The van der Waals surface area contributed by atoms with Gasteiger partial charge in [0, 0.05) is 24.8 Å². The van der Waals surface area contributed by atoms with Crippen molar-refractivity contribution in [1.82, 2.24) is 25.6 Å². The van der Waals surface area contributed by atoms with E-state index >= 15 is 0 Å². The van der Waals surface area contributed by atoms with Crippen molar-refractivity contribution in [2.45, 2.75) is 57.8 Å². The summed E-state index contributed by atoms with van der Waals surface area (Å²) >= 11 is 0. The average Bonchev–Trinajstić information content (AvgIpc) is 2.75. The summed E-state index contributed by atoms with van der Waals surface area (Å²) in [6, 6.07) is 0.673. The lowest BCUT2D eigenvalue weighted by molar-refractivity contribution is 0.0465. The Balaban J connectivity index is 1.55. The first-order valence-electron chi connectivity index (χ1n) is 6.99. The molecule has 7 nitrogen and oxygen atoms in total. The lowest BCUT2D eigenvalue weighted by Crippen LogP contribution is -2.53. The van der Waals surface area contributed by atoms with Crippen LogP contribution in [-0.2, 0) is 11.3 Å². The molecular weight excluding hydrogens is 258 g/mol. The van der Waals surface area contributed by atoms with Gasteiger partial charge in [0.25, 0.3) is 0 Å². The molecule has 1 amide bonds. The Labute approximate surface area is 119 Å². The summed E-state index contributed by atoms with van der Waals surface area (Å²) in [7, 11) is 0. The zero-order chi connectivity index (χ0) is 14.6. The van der Waals surface area contributed by atoms with Crippen LogP contribution in [0.25, 0.3) is 0 Å². The predicted octanol–water partition coefficient (Wildman–Crippen LogP) is 0.923. The van der Waals surface area contributed by atoms with Crippen molar-refractivity contribution in [3.05, 3.63) is 12.4 Å². The fourth-order valence-electron chi connectivity index (χ4n) is 2.11. The molecule has 0 radical (unpaired) electrons. The van der Waals surface area contributed by atoms with Gasteiger partial charge in [0.05, 0.1) is 12.7 Å². The number of rotatable bonds is 5. The van der Waals surface area contributed by atoms with E-state index in [-0.39, 0.29) is 12.1 Å². The Bertz CT molecular complexity index is 420. The standard InChI is InChI=1S/C13H23N5O2/c1-13(2,3)20-12(19)16-11-8-10(9-11)14-4-6-18-7-5-15-17-18/h5,7,10-11,14H,4,6,8-9H2,1-3H3,(H,16,19). The van der Waals surface area contributed by atoms with Gasteiger partial charge < -0.3 is 15.4 Å². The monoisotopic (exact) mass is 281 g/mol. The highest BCUT2D eigenvalue weighted by molar-refractivity contribution is 5.68. The number of carbonyl (C=O) groups is 1. The number of nitrogens with one attached hydrogen (secondary N) is 2. The minimum atomic E-state index is -0.441. The first-order valence-corrected chi connectivity index (χ1v) is 6.99. The fraction of sp³-hybridized carbons (Fsp3) is 0.769. The Morgan fingerprint density at radius 3 is 2.75 bits per heavy atom. The number of amides is 1. The molecule has 0 bridgehead atoms. The van der Waals surface area contributed by atoms with Gasteiger partial charge in [-0.2, -0.15) is 0 Å².